The van der Waals surface area contributed by atoms with Crippen LogP contribution >= 0.6 is 0 Å². The first-order valence-corrected chi connectivity index (χ1v) is 7.17. The molecule has 3 heterocycles. The molecule has 1 aliphatic carbocycles. The van der Waals surface area contributed by atoms with Gasteiger partial charge in [0, 0.05) is 19.0 Å². The molecule has 1 aliphatic heterocycles. The Morgan fingerprint density at radius 3 is 2.90 bits per heavy atom. The van der Waals surface area contributed by atoms with Gasteiger partial charge in [0.05, 0.1) is 12.1 Å². The van der Waals surface area contributed by atoms with Gasteiger partial charge in [0.1, 0.15) is 6.33 Å². The fourth-order valence-corrected chi connectivity index (χ4v) is 2.76. The van der Waals surface area contributed by atoms with E-state index in [-0.39, 0.29) is 18.1 Å². The van der Waals surface area contributed by atoms with Crippen LogP contribution in [0.4, 0.5) is 11.9 Å². The first kappa shape index (κ1) is 12.5. The molecule has 2 aliphatic rings. The van der Waals surface area contributed by atoms with E-state index >= 15 is 0 Å². The summed E-state index contributed by atoms with van der Waals surface area (Å²) >= 11 is 0. The summed E-state index contributed by atoms with van der Waals surface area (Å²) in [7, 11) is 0. The van der Waals surface area contributed by atoms with Gasteiger partial charge in [0.15, 0.2) is 0 Å². The largest absolute Gasteiger partial charge is 0.376 e. The van der Waals surface area contributed by atoms with E-state index in [2.05, 4.69) is 25.3 Å². The van der Waals surface area contributed by atoms with Gasteiger partial charge in [-0.3, -0.25) is 4.57 Å². The number of rotatable bonds is 4. The van der Waals surface area contributed by atoms with Crippen LogP contribution in [0, 0.1) is 5.92 Å². The van der Waals surface area contributed by atoms with Gasteiger partial charge in [-0.05, 0) is 25.2 Å². The minimum absolute atomic E-state index is 0.193. The summed E-state index contributed by atoms with van der Waals surface area (Å²) in [5.41, 5.74) is 5.78. The standard InChI is InChI=1S/C13H17N7O/c14-11-17-12(19-13(18-11)20-5-4-15-7-20)16-9-3-6-21-10(9)8-1-2-8/h4-5,7-10H,1-3,6H2,(H3,14,16,17,18,19). The lowest BCUT2D eigenvalue weighted by Crippen LogP contribution is -2.32. The molecule has 0 spiro atoms. The molecule has 0 radical (unpaired) electrons. The summed E-state index contributed by atoms with van der Waals surface area (Å²) in [6, 6.07) is 0.245. The van der Waals surface area contributed by atoms with E-state index in [9.17, 15) is 0 Å². The van der Waals surface area contributed by atoms with Crippen LogP contribution in [-0.4, -0.2) is 43.3 Å². The van der Waals surface area contributed by atoms with Crippen molar-refractivity contribution < 1.29 is 4.74 Å². The summed E-state index contributed by atoms with van der Waals surface area (Å²) in [5.74, 6) is 1.83. The third-order valence-electron chi connectivity index (χ3n) is 3.91. The molecule has 8 heteroatoms. The third-order valence-corrected chi connectivity index (χ3v) is 3.91. The number of ether oxygens (including phenoxy) is 1. The van der Waals surface area contributed by atoms with Crippen LogP contribution in [0.2, 0.25) is 0 Å². The predicted molar refractivity (Wildman–Crippen MR) is 75.9 cm³/mol. The Bertz CT molecular complexity index is 625. The van der Waals surface area contributed by atoms with E-state index < -0.39 is 0 Å². The molecular weight excluding hydrogens is 270 g/mol. The highest BCUT2D eigenvalue weighted by molar-refractivity contribution is 5.36. The van der Waals surface area contributed by atoms with E-state index in [0.29, 0.717) is 17.8 Å². The Balaban J connectivity index is 1.57. The second kappa shape index (κ2) is 4.96. The van der Waals surface area contributed by atoms with Crippen molar-refractivity contribution in [2.45, 2.75) is 31.4 Å². The molecule has 21 heavy (non-hydrogen) atoms. The maximum absolute atomic E-state index is 5.81. The number of hydrogen-bond donors (Lipinski definition) is 2. The molecule has 1 saturated heterocycles. The molecule has 8 nitrogen and oxygen atoms in total. The molecule has 110 valence electrons. The Morgan fingerprint density at radius 1 is 1.24 bits per heavy atom. The monoisotopic (exact) mass is 287 g/mol. The SMILES string of the molecule is Nc1nc(NC2CCOC2C2CC2)nc(-n2ccnc2)n1. The van der Waals surface area contributed by atoms with Crippen LogP contribution < -0.4 is 11.1 Å². The Hall–Kier alpha value is -2.22. The lowest BCUT2D eigenvalue weighted by Gasteiger charge is -2.19. The molecule has 1 saturated carbocycles. The Morgan fingerprint density at radius 2 is 2.14 bits per heavy atom. The maximum Gasteiger partial charge on any atom is 0.241 e. The molecule has 4 rings (SSSR count). The van der Waals surface area contributed by atoms with E-state index in [1.165, 1.54) is 12.8 Å². The number of hydrogen-bond acceptors (Lipinski definition) is 7. The first-order valence-electron chi connectivity index (χ1n) is 7.17. The summed E-state index contributed by atoms with van der Waals surface area (Å²) in [6.07, 6.45) is 8.80. The van der Waals surface area contributed by atoms with Crippen molar-refractivity contribution >= 4 is 11.9 Å². The third kappa shape index (κ3) is 2.54. The smallest absolute Gasteiger partial charge is 0.241 e. The second-order valence-electron chi connectivity index (χ2n) is 5.50. The molecular formula is C13H17N7O. The van der Waals surface area contributed by atoms with Crippen molar-refractivity contribution in [3.8, 4) is 5.95 Å². The van der Waals surface area contributed by atoms with Crippen molar-refractivity contribution in [1.29, 1.82) is 0 Å². The van der Waals surface area contributed by atoms with Crippen molar-refractivity contribution in [2.75, 3.05) is 17.7 Å². The highest BCUT2D eigenvalue weighted by Crippen LogP contribution is 2.39. The number of nitrogen functional groups attached to an aromatic ring is 1. The zero-order valence-corrected chi connectivity index (χ0v) is 11.5. The van der Waals surface area contributed by atoms with Gasteiger partial charge >= 0.3 is 0 Å². The van der Waals surface area contributed by atoms with Gasteiger partial charge in [-0.2, -0.15) is 15.0 Å². The highest BCUT2D eigenvalue weighted by Gasteiger charge is 2.40. The highest BCUT2D eigenvalue weighted by atomic mass is 16.5. The zero-order chi connectivity index (χ0) is 14.2. The van der Waals surface area contributed by atoms with Crippen molar-refractivity contribution in [2.24, 2.45) is 5.92 Å². The van der Waals surface area contributed by atoms with Crippen LogP contribution in [0.25, 0.3) is 5.95 Å². The fourth-order valence-electron chi connectivity index (χ4n) is 2.76. The summed E-state index contributed by atoms with van der Waals surface area (Å²) < 4.78 is 7.52. The molecule has 2 atom stereocenters. The lowest BCUT2D eigenvalue weighted by molar-refractivity contribution is 0.0897. The molecule has 2 fully saturated rings. The minimum Gasteiger partial charge on any atom is -0.376 e. The van der Waals surface area contributed by atoms with Gasteiger partial charge in [-0.25, -0.2) is 4.98 Å². The van der Waals surface area contributed by atoms with E-state index in [1.54, 1.807) is 23.3 Å². The molecule has 3 N–H and O–H groups in total. The van der Waals surface area contributed by atoms with Gasteiger partial charge in [0.2, 0.25) is 17.8 Å². The number of aromatic nitrogens is 5. The van der Waals surface area contributed by atoms with Gasteiger partial charge in [-0.1, -0.05) is 0 Å². The van der Waals surface area contributed by atoms with Crippen molar-refractivity contribution in [3.63, 3.8) is 0 Å². The van der Waals surface area contributed by atoms with Crippen molar-refractivity contribution in [1.82, 2.24) is 24.5 Å². The predicted octanol–water partition coefficient (Wildman–Crippen LogP) is 0.619. The van der Waals surface area contributed by atoms with Gasteiger partial charge in [-0.15, -0.1) is 0 Å². The van der Waals surface area contributed by atoms with Crippen LogP contribution in [-0.2, 0) is 4.74 Å². The van der Waals surface area contributed by atoms with Crippen LogP contribution in [0.1, 0.15) is 19.3 Å². The number of nitrogens with one attached hydrogen (secondary N) is 1. The lowest BCUT2D eigenvalue weighted by atomic mass is 10.1. The topological polar surface area (TPSA) is 104 Å². The second-order valence-corrected chi connectivity index (χ2v) is 5.50. The number of imidazole rings is 1. The number of anilines is 2. The maximum atomic E-state index is 5.81. The minimum atomic E-state index is 0.193. The summed E-state index contributed by atoms with van der Waals surface area (Å²) in [6.45, 7) is 0.785. The Labute approximate surface area is 121 Å². The van der Waals surface area contributed by atoms with E-state index in [4.69, 9.17) is 10.5 Å². The van der Waals surface area contributed by atoms with E-state index in [1.807, 2.05) is 0 Å². The summed E-state index contributed by atoms with van der Waals surface area (Å²) in [5, 5.41) is 3.35. The average Bonchev–Trinajstić information content (AvgIpc) is 2.99. The van der Waals surface area contributed by atoms with Gasteiger partial charge < -0.3 is 15.8 Å². The first-order chi connectivity index (χ1) is 10.3. The quantitative estimate of drug-likeness (QED) is 0.849. The Kier molecular flexibility index (Phi) is 2.95. The van der Waals surface area contributed by atoms with Crippen LogP contribution in [0.15, 0.2) is 18.7 Å². The molecule has 0 bridgehead atoms. The average molecular weight is 287 g/mol. The number of nitrogens with zero attached hydrogens (tertiary/aromatic N) is 5. The van der Waals surface area contributed by atoms with Crippen molar-refractivity contribution in [3.05, 3.63) is 18.7 Å². The van der Waals surface area contributed by atoms with E-state index in [0.717, 1.165) is 13.0 Å². The molecule has 2 aromatic rings. The summed E-state index contributed by atoms with van der Waals surface area (Å²) in [4.78, 5) is 16.7. The molecule has 2 aromatic heterocycles. The molecule has 0 amide bonds. The normalized spacial score (nSPS) is 25.1. The molecule has 0 aromatic carbocycles. The molecule has 2 unspecified atom stereocenters. The van der Waals surface area contributed by atoms with Crippen LogP contribution in [0.5, 0.6) is 0 Å². The zero-order valence-electron chi connectivity index (χ0n) is 11.5. The van der Waals surface area contributed by atoms with Gasteiger partial charge in [0.25, 0.3) is 0 Å². The fraction of sp³-hybridized carbons (Fsp3) is 0.538. The number of nitrogens with two attached hydrogens (primary N) is 1. The van der Waals surface area contributed by atoms with Crippen LogP contribution in [0.3, 0.4) is 0 Å².